The second-order valence-electron chi connectivity index (χ2n) is 12.6. The van der Waals surface area contributed by atoms with Crippen LogP contribution in [0, 0.1) is 93.3 Å². The van der Waals surface area contributed by atoms with Gasteiger partial charge in [-0.3, -0.25) is 0 Å². The first-order valence-electron chi connectivity index (χ1n) is 18.0. The van der Waals surface area contributed by atoms with Crippen molar-refractivity contribution in [1.82, 2.24) is 35.2 Å². The van der Waals surface area contributed by atoms with Crippen molar-refractivity contribution in [3.8, 4) is 0 Å². The number of hydrogen-bond donors (Lipinski definition) is 1. The van der Waals surface area contributed by atoms with Gasteiger partial charge < -0.3 is 0 Å². The quantitative estimate of drug-likeness (QED) is 0.0507. The number of sulfone groups is 1. The summed E-state index contributed by atoms with van der Waals surface area (Å²) in [4.78, 5) is 33.4. The third kappa shape index (κ3) is 21.9. The van der Waals surface area contributed by atoms with Crippen molar-refractivity contribution in [2.45, 2.75) is 6.42 Å². The number of carbonyl (C=O) groups is 1. The van der Waals surface area contributed by atoms with Gasteiger partial charge in [0.1, 0.15) is 0 Å². The number of carbonyl (C=O) groups excluding carboxylic acids is 1. The zero-order chi connectivity index (χ0) is 46.1. The molecule has 0 fully saturated rings. The number of furan rings is 3. The first-order valence-corrected chi connectivity index (χ1v) is 22.2. The van der Waals surface area contributed by atoms with E-state index in [9.17, 15) is 13.2 Å². The Balaban J connectivity index is 0.000000959. The number of rotatable bonds is 15. The van der Waals surface area contributed by atoms with Gasteiger partial charge in [-0.2, -0.15) is 0 Å². The van der Waals surface area contributed by atoms with E-state index in [2.05, 4.69) is 86.2 Å². The fraction of sp³-hybridized carbons (Fsp3) is 0.143. The first-order chi connectivity index (χ1) is 30.0. The van der Waals surface area contributed by atoms with E-state index >= 15 is 0 Å². The van der Waals surface area contributed by atoms with E-state index in [1.165, 1.54) is 31.5 Å². The Bertz CT molecular complexity index is 3140. The summed E-state index contributed by atoms with van der Waals surface area (Å²) >= 11 is 7.04. The summed E-state index contributed by atoms with van der Waals surface area (Å²) in [5, 5.41) is 5.12. The maximum atomic E-state index is 11.0. The van der Waals surface area contributed by atoms with Crippen LogP contribution in [0.3, 0.4) is 0 Å². The maximum Gasteiger partial charge on any atom is 0 e. The van der Waals surface area contributed by atoms with Crippen LogP contribution >= 0.6 is 24.0 Å². The summed E-state index contributed by atoms with van der Waals surface area (Å²) < 4.78 is 45.7. The van der Waals surface area contributed by atoms with Crippen molar-refractivity contribution < 1.29 is 175 Å². The average Bonchev–Trinajstić information content (AvgIpc) is 4.03. The summed E-state index contributed by atoms with van der Waals surface area (Å²) in [7, 11) is -1.38. The Hall–Kier alpha value is -1.93. The molecule has 6 rings (SSSR count). The molecule has 6 heterocycles. The van der Waals surface area contributed by atoms with Crippen molar-refractivity contribution in [3.63, 3.8) is 0 Å². The molecule has 0 atom stereocenters. The van der Waals surface area contributed by atoms with Gasteiger partial charge in [-0.05, 0) is 0 Å². The summed E-state index contributed by atoms with van der Waals surface area (Å²) in [5.41, 5.74) is 23.1. The number of nitrogens with zero attached hydrogens (tertiary/aromatic N) is 6. The first kappa shape index (κ1) is 65.1. The molecule has 0 radical (unpaired) electrons. The van der Waals surface area contributed by atoms with E-state index in [0.29, 0.717) is 68.7 Å². The van der Waals surface area contributed by atoms with E-state index in [1.807, 2.05) is 24.3 Å². The van der Waals surface area contributed by atoms with Crippen LogP contribution in [-0.2, 0) is 71.9 Å². The summed E-state index contributed by atoms with van der Waals surface area (Å²) in [6.45, 7) is 18.2. The van der Waals surface area contributed by atoms with Gasteiger partial charge in [0, 0.05) is 93.3 Å². The Labute approximate surface area is 501 Å². The zero-order valence-electron chi connectivity index (χ0n) is 35.4. The predicted octanol–water partition coefficient (Wildman–Crippen LogP) is 1.99. The van der Waals surface area contributed by atoms with Crippen LogP contribution in [0.1, 0.15) is 39.4 Å². The van der Waals surface area contributed by atoms with Gasteiger partial charge >= 0.3 is 391 Å². The number of nitrogens with one attached hydrogen (secondary N) is 4. The molecular weight excluding hydrogens is 1780 g/mol. The number of hydrogen-bond acceptors (Lipinski definition) is 14. The average molecular weight is 1820 g/mol. The normalized spacial score (nSPS) is 11.2. The zero-order valence-corrected chi connectivity index (χ0v) is 55.2. The molecule has 6 aromatic rings. The van der Waals surface area contributed by atoms with E-state index in [0.717, 1.165) is 14.2 Å². The molecule has 17 nitrogen and oxygen atoms in total. The van der Waals surface area contributed by atoms with Gasteiger partial charge in [0.2, 0.25) is 0 Å². The molecule has 0 aliphatic heterocycles. The molecule has 67 heavy (non-hydrogen) atoms. The van der Waals surface area contributed by atoms with Crippen LogP contribution in [0.15, 0.2) is 74.9 Å². The third-order valence-electron chi connectivity index (χ3n) is 7.94. The van der Waals surface area contributed by atoms with Crippen molar-refractivity contribution in [2.75, 3.05) is 32.2 Å². The second kappa shape index (κ2) is 32.9. The number of ether oxygens (including phenoxy) is 1. The van der Waals surface area contributed by atoms with Crippen LogP contribution in [0.4, 0.5) is 17.5 Å². The standard InChI is InChI=1S/C16H18N4O3S.C14H11N3O2.C12H7N3O2.HI.3U.3V/c1-12-15(16(17)20-11-19-12)6-5-13-3-4-14(23-13)7-8-18-9-10-24(2,21)22;1-10-13(14(15)17-9-16-10)6-5-11-3-4-12(19-11)7-8-18-2;1-8-11(12(13)15-7-14-8)5-4-9-2-3-10(6-16)17-9;;;;;;;/h1,3-4,6,11,18H,7-10H2,2H3,(H-,17,19,20);1,3-4,6-9H,2H3,(H-,15,16,17);1-3,5-7H,(H-,13,14,15);1H;;;;;;/q3*-2;;;;;;;/b;8-7+,13-6?;;;;;;;;. The molecule has 0 bridgehead atoms. The second-order valence-corrected chi connectivity index (χ2v) is 17.1. The van der Waals surface area contributed by atoms with Crippen LogP contribution in [0.25, 0.3) is 61.2 Å². The number of halogens is 1. The van der Waals surface area contributed by atoms with Crippen LogP contribution in [-0.4, -0.2) is 89.5 Å². The van der Waals surface area contributed by atoms with Crippen molar-refractivity contribution in [1.29, 1.82) is 0 Å². The Morgan fingerprint density at radius 1 is 0.672 bits per heavy atom. The molecule has 0 aromatic carbocycles. The molecule has 343 valence electrons. The molecule has 0 saturated heterocycles. The summed E-state index contributed by atoms with van der Waals surface area (Å²) in [6, 6.07) is 10.6. The maximum absolute atomic E-state index is 11.0. The smallest absolute Gasteiger partial charge is 0 e. The third-order valence-corrected chi connectivity index (χ3v) is 10.5. The molecule has 0 saturated carbocycles. The molecule has 25 heteroatoms. The van der Waals surface area contributed by atoms with E-state index < -0.39 is 9.84 Å². The van der Waals surface area contributed by atoms with E-state index in [-0.39, 0.29) is 162 Å². The van der Waals surface area contributed by atoms with Crippen LogP contribution in [0.2, 0.25) is 0 Å². The summed E-state index contributed by atoms with van der Waals surface area (Å²) in [5.74, 6) is 3.79. The molecule has 0 aliphatic carbocycles. The topological polar surface area (TPSA) is 261 Å². The van der Waals surface area contributed by atoms with E-state index in [4.69, 9.17) is 54.9 Å². The van der Waals surface area contributed by atoms with Crippen LogP contribution in [0.5, 0.6) is 0 Å². The van der Waals surface area contributed by atoms with Crippen LogP contribution < -0.4 is 37.0 Å². The Morgan fingerprint density at radius 3 is 1.46 bits per heavy atom. The van der Waals surface area contributed by atoms with Gasteiger partial charge in [0.15, 0.2) is 0 Å². The van der Waals surface area contributed by atoms with Gasteiger partial charge in [-0.15, -0.1) is 24.0 Å². The van der Waals surface area contributed by atoms with Crippen molar-refractivity contribution in [3.05, 3.63) is 145 Å². The van der Waals surface area contributed by atoms with Crippen molar-refractivity contribution >= 4 is 114 Å². The minimum absolute atomic E-state index is 0. The Kier molecular flexibility index (Phi) is 31.9. The molecule has 0 unspecified atom stereocenters. The summed E-state index contributed by atoms with van der Waals surface area (Å²) in [6.07, 6.45) is 14.5. The molecule has 6 aromatic heterocycles. The Morgan fingerprint density at radius 2 is 1.07 bits per heavy atom. The molecule has 0 amide bonds. The monoisotopic (exact) mass is 1820 g/mol. The fourth-order valence-electron chi connectivity index (χ4n) is 4.79. The number of aromatic nitrogens is 6. The molecule has 0 spiro atoms. The van der Waals surface area contributed by atoms with Crippen molar-refractivity contribution in [2.24, 2.45) is 0 Å². The predicted molar refractivity (Wildman–Crippen MR) is 244 cm³/mol. The van der Waals surface area contributed by atoms with Gasteiger partial charge in [0.05, 0.1) is 0 Å². The number of methoxy groups -OCH3 is 1. The SMILES string of the molecule is I.[CH-]=c1ncnc([NH-])c1=C[C](=[V])c1ccc(/C=C/OC)o1.[CH-]=c1ncnc([NH-])c1=C[C](=[V])c1ccc(C=O)o1.[CH-]=c1ncnc([NH-])c1=C[C](=[V])c1ccc(CCNCCS(C)(=O)=O)o1.[U].[U].[U]. The molecular formula is C42H37IN10O7SU3V3-6. The minimum atomic E-state index is -2.94. The van der Waals surface area contributed by atoms with Gasteiger partial charge in [-0.1, -0.05) is 0 Å². The minimum Gasteiger partial charge on any atom is 0 e. The fourth-order valence-corrected chi connectivity index (χ4v) is 6.47. The molecule has 4 N–H and O–H groups in total. The van der Waals surface area contributed by atoms with Gasteiger partial charge in [-0.25, -0.2) is 0 Å². The molecule has 0 aliphatic rings. The van der Waals surface area contributed by atoms with Gasteiger partial charge in [0.25, 0.3) is 0 Å². The van der Waals surface area contributed by atoms with E-state index in [1.54, 1.807) is 43.5 Å². The number of aldehydes is 1. The largest absolute Gasteiger partial charge is 0 e.